The summed E-state index contributed by atoms with van der Waals surface area (Å²) in [5.74, 6) is -4.81. The lowest BCUT2D eigenvalue weighted by atomic mass is 10.1. The van der Waals surface area contributed by atoms with Gasteiger partial charge in [0.15, 0.2) is 0 Å². The molecule has 3 N–H and O–H groups in total. The van der Waals surface area contributed by atoms with Crippen LogP contribution in [0.1, 0.15) is 38.8 Å². The molecule has 0 atom stereocenters. The molecule has 4 rings (SSSR count). The molecule has 0 radical (unpaired) electrons. The van der Waals surface area contributed by atoms with Crippen LogP contribution in [0.5, 0.6) is 0 Å². The summed E-state index contributed by atoms with van der Waals surface area (Å²) < 4.78 is 126. The molecule has 304 valence electrons. The molecule has 56 heavy (non-hydrogen) atoms. The number of hydrogen-bond donors (Lipinski definition) is 1. The van der Waals surface area contributed by atoms with E-state index >= 15 is 0 Å². The number of halogens is 2. The van der Waals surface area contributed by atoms with Gasteiger partial charge in [0.25, 0.3) is 11.8 Å². The lowest BCUT2D eigenvalue weighted by Gasteiger charge is -2.23. The van der Waals surface area contributed by atoms with Crippen molar-refractivity contribution in [3.63, 3.8) is 0 Å². The van der Waals surface area contributed by atoms with Crippen LogP contribution < -0.4 is 18.1 Å². The first-order chi connectivity index (χ1) is 24.8. The predicted molar refractivity (Wildman–Crippen MR) is 193 cm³/mol. The van der Waals surface area contributed by atoms with E-state index < -0.39 is 109 Å². The van der Waals surface area contributed by atoms with Gasteiger partial charge in [-0.2, -0.15) is 17.9 Å². The van der Waals surface area contributed by atoms with Crippen molar-refractivity contribution in [3.05, 3.63) is 69.3 Å². The van der Waals surface area contributed by atoms with Gasteiger partial charge >= 0.3 is 11.9 Å². The topological polar surface area (TPSA) is 327 Å². The summed E-state index contributed by atoms with van der Waals surface area (Å²) in [6.45, 7) is 5.86. The Morgan fingerprint density at radius 3 is 1.21 bits per heavy atom. The number of cyclic esters (lactones) is 2. The zero-order valence-corrected chi connectivity index (χ0v) is 33.5. The molecular weight excluding hydrogens is 835 g/mol. The Kier molecular flexibility index (Phi) is 14.6. The van der Waals surface area contributed by atoms with E-state index in [1.54, 1.807) is 13.8 Å². The number of benzene rings is 2. The number of amides is 2. The molecule has 0 unspecified atom stereocenters. The molecular formula is C30H31F2N6O14S4-. The third-order valence-corrected chi connectivity index (χ3v) is 13.7. The van der Waals surface area contributed by atoms with E-state index in [4.69, 9.17) is 11.0 Å². The Labute approximate surface area is 320 Å². The highest BCUT2D eigenvalue weighted by molar-refractivity contribution is 8.10. The Morgan fingerprint density at radius 1 is 0.607 bits per heavy atom. The third kappa shape index (κ3) is 10.3. The Balaban J connectivity index is 0.000000468. The molecule has 0 spiro atoms. The number of anilines is 4. The number of carbonyl (C=O) groups is 4. The molecule has 0 saturated carbocycles. The van der Waals surface area contributed by atoms with E-state index in [1.807, 2.05) is 0 Å². The molecule has 0 aromatic heterocycles. The van der Waals surface area contributed by atoms with Crippen LogP contribution in [0, 0.1) is 34.3 Å². The highest BCUT2D eigenvalue weighted by Gasteiger charge is 2.38. The van der Waals surface area contributed by atoms with E-state index in [2.05, 4.69) is 4.74 Å². The van der Waals surface area contributed by atoms with Crippen molar-refractivity contribution in [2.75, 3.05) is 43.1 Å². The molecule has 2 aliphatic rings. The van der Waals surface area contributed by atoms with Crippen molar-refractivity contribution in [3.8, 4) is 12.1 Å². The number of rotatable bonds is 7. The fourth-order valence-electron chi connectivity index (χ4n) is 4.50. The van der Waals surface area contributed by atoms with Crippen molar-refractivity contribution >= 4 is 86.6 Å². The molecule has 26 heteroatoms. The minimum absolute atomic E-state index is 0. The first kappa shape index (κ1) is 48.2. The smallest absolute Gasteiger partial charge is 0.342 e. The average molecular weight is 866 g/mol. The molecule has 0 bridgehead atoms. The van der Waals surface area contributed by atoms with Gasteiger partial charge < -0.3 is 15.9 Å². The summed E-state index contributed by atoms with van der Waals surface area (Å²) in [4.78, 5) is 46.0. The first-order valence-corrected chi connectivity index (χ1v) is 21.9. The maximum atomic E-state index is 14.5. The molecule has 20 nitrogen and oxygen atoms in total. The molecule has 2 amide bonds. The highest BCUT2D eigenvalue weighted by Crippen LogP contribution is 2.36. The zero-order valence-electron chi connectivity index (χ0n) is 30.3. The first-order valence-electron chi connectivity index (χ1n) is 14.5. The van der Waals surface area contributed by atoms with Crippen LogP contribution >= 0.6 is 0 Å². The predicted octanol–water partition coefficient (Wildman–Crippen LogP) is 0.867. The van der Waals surface area contributed by atoms with Crippen molar-refractivity contribution < 1.29 is 71.8 Å². The molecule has 2 heterocycles. The van der Waals surface area contributed by atoms with E-state index in [0.717, 1.165) is 6.07 Å². The number of nitrogen functional groups attached to an aromatic ring is 1. The SMILES string of the molecule is CC1=C(C)C(=O)N(c2cc(N(S(C)(=O)=O)S(C)(=O)=O)c(C#N)cc2F)C1=O.CC1=C(C)C(=O)OC1=O.CS(=O)(=O)N(c1cc(N)c(F)cc1C#N)S(C)(=O)=O.[OH-]. The van der Waals surface area contributed by atoms with E-state index in [9.17, 15) is 66.9 Å². The lowest BCUT2D eigenvalue weighted by molar-refractivity contribution is -0.151. The second kappa shape index (κ2) is 16.9. The monoisotopic (exact) mass is 865 g/mol. The average Bonchev–Trinajstić information content (AvgIpc) is 3.36. The second-order valence-electron chi connectivity index (χ2n) is 11.5. The van der Waals surface area contributed by atoms with Crippen molar-refractivity contribution in [1.29, 1.82) is 10.5 Å². The van der Waals surface area contributed by atoms with Gasteiger partial charge in [-0.05, 0) is 52.0 Å². The number of esters is 2. The van der Waals surface area contributed by atoms with E-state index in [1.165, 1.54) is 26.0 Å². The number of nitrogens with zero attached hydrogens (tertiary/aromatic N) is 5. The standard InChI is InChI=1S/C15H14FN3O6S2.C9H10FN3O4S2.C6H6O3.H2O/c1-8-9(2)15(21)18(14(8)20)13-6-12(10(7-17)5-11(13)16)19(26(3,22)23)27(4,24)25;1-18(14,15)13(19(2,16)17)9-4-8(12)7(10)3-6(9)5-11;1-3-4(2)6(8)9-5(3)7;/h5-6H,1-4H3;3-4H,12H2,1-2H3;1-2H3;1H2/p-1. The summed E-state index contributed by atoms with van der Waals surface area (Å²) >= 11 is 0. The molecule has 0 saturated heterocycles. The summed E-state index contributed by atoms with van der Waals surface area (Å²) in [5, 5.41) is 18.0. The summed E-state index contributed by atoms with van der Waals surface area (Å²) in [6.07, 6.45) is 2.46. The van der Waals surface area contributed by atoms with Gasteiger partial charge in [0.2, 0.25) is 40.1 Å². The van der Waals surface area contributed by atoms with Gasteiger partial charge in [-0.15, -0.1) is 0 Å². The Bertz CT molecular complexity index is 2550. The van der Waals surface area contributed by atoms with Crippen LogP contribution in [0.25, 0.3) is 0 Å². The maximum absolute atomic E-state index is 14.5. The zero-order chi connectivity index (χ0) is 42.9. The molecule has 2 aromatic carbocycles. The van der Waals surface area contributed by atoms with Gasteiger partial charge in [0, 0.05) is 22.3 Å². The summed E-state index contributed by atoms with van der Waals surface area (Å²) in [6, 6.07) is 5.74. The minimum atomic E-state index is -4.44. The molecule has 0 fully saturated rings. The van der Waals surface area contributed by atoms with Crippen LogP contribution in [0.2, 0.25) is 0 Å². The number of carbonyl (C=O) groups excluding carboxylic acids is 4. The van der Waals surface area contributed by atoms with Crippen molar-refractivity contribution in [2.24, 2.45) is 0 Å². The normalized spacial score (nSPS) is 14.5. The quantitative estimate of drug-likeness (QED) is 0.175. The largest absolute Gasteiger partial charge is 0.870 e. The number of sulfonamides is 4. The number of hydrogen-bond acceptors (Lipinski definition) is 17. The van der Waals surface area contributed by atoms with E-state index in [-0.39, 0.29) is 24.0 Å². The van der Waals surface area contributed by atoms with Gasteiger partial charge in [-0.3, -0.25) is 9.59 Å². The Hall–Kier alpha value is -5.80. The minimum Gasteiger partial charge on any atom is -0.870 e. The van der Waals surface area contributed by atoms with Gasteiger partial charge in [-0.25, -0.2) is 56.9 Å². The Morgan fingerprint density at radius 2 is 0.929 bits per heavy atom. The number of nitriles is 2. The van der Waals surface area contributed by atoms with Crippen LogP contribution in [0.4, 0.5) is 31.5 Å². The second-order valence-corrected chi connectivity index (χ2v) is 19.3. The highest BCUT2D eigenvalue weighted by atomic mass is 32.3. The fourth-order valence-corrected chi connectivity index (χ4v) is 10.5. The van der Waals surface area contributed by atoms with Crippen LogP contribution in [0.15, 0.2) is 46.6 Å². The molecule has 2 aliphatic heterocycles. The van der Waals surface area contributed by atoms with Crippen LogP contribution in [0.3, 0.4) is 0 Å². The van der Waals surface area contributed by atoms with Crippen LogP contribution in [-0.2, 0) is 64.0 Å². The lowest BCUT2D eigenvalue weighted by Crippen LogP contribution is -2.37. The van der Waals surface area contributed by atoms with Crippen molar-refractivity contribution in [1.82, 2.24) is 0 Å². The summed E-state index contributed by atoms with van der Waals surface area (Å²) in [7, 11) is -17.3. The van der Waals surface area contributed by atoms with Gasteiger partial charge in [0.05, 0.1) is 58.9 Å². The maximum Gasteiger partial charge on any atom is 0.342 e. The number of imide groups is 1. The fraction of sp³-hybridized carbons (Fsp3) is 0.267. The molecule has 2 aromatic rings. The van der Waals surface area contributed by atoms with Crippen molar-refractivity contribution in [2.45, 2.75) is 27.7 Å². The number of ether oxygens (including phenoxy) is 1. The summed E-state index contributed by atoms with van der Waals surface area (Å²) in [5.41, 5.74) is 2.84. The van der Waals surface area contributed by atoms with Gasteiger partial charge in [-0.1, -0.05) is 0 Å². The number of nitrogens with two attached hydrogens (primary N) is 1. The van der Waals surface area contributed by atoms with Gasteiger partial charge in [0.1, 0.15) is 23.8 Å². The van der Waals surface area contributed by atoms with E-state index in [0.29, 0.717) is 59.3 Å². The molecule has 0 aliphatic carbocycles. The van der Waals surface area contributed by atoms with Crippen LogP contribution in [-0.4, -0.2) is 87.9 Å². The third-order valence-electron chi connectivity index (χ3n) is 7.23.